The largest absolute Gasteiger partial charge is 0.463 e. The smallest absolute Gasteiger partial charge is 0.351 e. The van der Waals surface area contributed by atoms with E-state index in [2.05, 4.69) is 44.3 Å². The highest BCUT2D eigenvalue weighted by molar-refractivity contribution is 5.95. The standard InChI is InChI=1S/C36H44N6O4/c1-3-46-35(43)30-27(2)37-34-32(31(30)29-14-8-5-9-15-29)33(38-36(44)42(34)22-19-40-23-25-45-26-24-40)41-20-17-39(18-21-41)16-10-13-28-11-6-4-7-12-28/h4-15,31,37H,3,16-26H2,1-2H3/b13-10+. The minimum Gasteiger partial charge on any atom is -0.463 e. The van der Waals surface area contributed by atoms with E-state index in [1.165, 1.54) is 5.56 Å². The summed E-state index contributed by atoms with van der Waals surface area (Å²) in [6.45, 7) is 12.2. The molecular weight excluding hydrogens is 580 g/mol. The first-order valence-electron chi connectivity index (χ1n) is 16.4. The molecule has 0 spiro atoms. The zero-order chi connectivity index (χ0) is 31.9. The number of benzene rings is 2. The van der Waals surface area contributed by atoms with Crippen LogP contribution in [-0.2, 0) is 20.8 Å². The van der Waals surface area contributed by atoms with Crippen LogP contribution in [0.5, 0.6) is 0 Å². The number of allylic oxidation sites excluding steroid dienone is 1. The van der Waals surface area contributed by atoms with Crippen molar-refractivity contribution in [3.05, 3.63) is 105 Å². The van der Waals surface area contributed by atoms with Gasteiger partial charge in [-0.05, 0) is 25.0 Å². The molecule has 1 aromatic heterocycles. The summed E-state index contributed by atoms with van der Waals surface area (Å²) in [5.74, 6) is 0.536. The summed E-state index contributed by atoms with van der Waals surface area (Å²) >= 11 is 0. The van der Waals surface area contributed by atoms with Gasteiger partial charge in [-0.15, -0.1) is 0 Å². The third kappa shape index (κ3) is 7.09. The van der Waals surface area contributed by atoms with Crippen LogP contribution < -0.4 is 15.9 Å². The van der Waals surface area contributed by atoms with Crippen LogP contribution in [0.3, 0.4) is 0 Å². The number of ether oxygens (including phenoxy) is 2. The Labute approximate surface area is 270 Å². The zero-order valence-electron chi connectivity index (χ0n) is 26.9. The first kappa shape index (κ1) is 31.7. The predicted molar refractivity (Wildman–Crippen MR) is 181 cm³/mol. The number of nitrogens with zero attached hydrogens (tertiary/aromatic N) is 5. The third-order valence-electron chi connectivity index (χ3n) is 9.00. The minimum absolute atomic E-state index is 0.273. The van der Waals surface area contributed by atoms with Gasteiger partial charge in [-0.3, -0.25) is 14.4 Å². The van der Waals surface area contributed by atoms with E-state index in [0.717, 1.165) is 56.9 Å². The van der Waals surface area contributed by atoms with Crippen molar-refractivity contribution < 1.29 is 14.3 Å². The Morgan fingerprint density at radius 1 is 0.957 bits per heavy atom. The predicted octanol–water partition coefficient (Wildman–Crippen LogP) is 3.81. The molecule has 3 aliphatic heterocycles. The van der Waals surface area contributed by atoms with Crippen LogP contribution in [0.15, 0.2) is 82.8 Å². The summed E-state index contributed by atoms with van der Waals surface area (Å²) in [4.78, 5) is 39.1. The monoisotopic (exact) mass is 624 g/mol. The highest BCUT2D eigenvalue weighted by atomic mass is 16.5. The van der Waals surface area contributed by atoms with E-state index in [-0.39, 0.29) is 18.3 Å². The van der Waals surface area contributed by atoms with Gasteiger partial charge in [0.25, 0.3) is 0 Å². The van der Waals surface area contributed by atoms with E-state index in [4.69, 9.17) is 14.5 Å². The summed E-state index contributed by atoms with van der Waals surface area (Å²) in [6.07, 6.45) is 4.36. The maximum atomic E-state index is 13.9. The molecule has 0 bridgehead atoms. The van der Waals surface area contributed by atoms with Gasteiger partial charge in [0.2, 0.25) is 0 Å². The van der Waals surface area contributed by atoms with Gasteiger partial charge in [-0.25, -0.2) is 9.59 Å². The minimum atomic E-state index is -0.443. The fourth-order valence-electron chi connectivity index (χ4n) is 6.58. The number of anilines is 2. The SMILES string of the molecule is CCOC(=O)C1=C(C)Nc2c(c(N3CCN(C/C=C/c4ccccc4)CC3)nc(=O)n2CCN2CCOCC2)C1c1ccccc1. The van der Waals surface area contributed by atoms with Crippen molar-refractivity contribution in [3.63, 3.8) is 0 Å². The Bertz CT molecular complexity index is 1610. The number of fused-ring (bicyclic) bond motifs is 1. The fraction of sp³-hybridized carbons (Fsp3) is 0.417. The number of aromatic nitrogens is 2. The first-order valence-corrected chi connectivity index (χ1v) is 16.4. The van der Waals surface area contributed by atoms with Crippen LogP contribution >= 0.6 is 0 Å². The topological polar surface area (TPSA) is 92.2 Å². The number of piperazine rings is 1. The molecule has 10 heteroatoms. The van der Waals surface area contributed by atoms with Gasteiger partial charge in [0.05, 0.1) is 31.3 Å². The van der Waals surface area contributed by atoms with Gasteiger partial charge in [0.15, 0.2) is 0 Å². The Kier molecular flexibility index (Phi) is 10.3. The van der Waals surface area contributed by atoms with Crippen LogP contribution in [-0.4, -0.2) is 97.5 Å². The average Bonchev–Trinajstić information content (AvgIpc) is 3.09. The molecule has 2 fully saturated rings. The van der Waals surface area contributed by atoms with Crippen molar-refractivity contribution in [1.82, 2.24) is 19.4 Å². The van der Waals surface area contributed by atoms with Crippen LogP contribution in [0.25, 0.3) is 6.08 Å². The number of carbonyl (C=O) groups is 1. The maximum Gasteiger partial charge on any atom is 0.351 e. The van der Waals surface area contributed by atoms with Gasteiger partial charge in [-0.2, -0.15) is 4.98 Å². The Morgan fingerprint density at radius 2 is 1.65 bits per heavy atom. The Hall–Kier alpha value is -4.25. The van der Waals surface area contributed by atoms with Crippen molar-refractivity contribution in [2.75, 3.05) is 82.4 Å². The van der Waals surface area contributed by atoms with Gasteiger partial charge >= 0.3 is 11.7 Å². The van der Waals surface area contributed by atoms with Crippen LogP contribution in [0, 0.1) is 0 Å². The number of hydrogen-bond acceptors (Lipinski definition) is 9. The summed E-state index contributed by atoms with van der Waals surface area (Å²) < 4.78 is 12.9. The normalized spacial score (nSPS) is 19.3. The molecule has 242 valence electrons. The molecule has 0 amide bonds. The second kappa shape index (κ2) is 14.9. The van der Waals surface area contributed by atoms with Crippen molar-refractivity contribution >= 4 is 23.7 Å². The Morgan fingerprint density at radius 3 is 2.35 bits per heavy atom. The van der Waals surface area contributed by atoms with E-state index in [0.29, 0.717) is 49.2 Å². The molecule has 0 radical (unpaired) electrons. The number of carbonyl (C=O) groups excluding carboxylic acids is 1. The molecule has 0 saturated carbocycles. The molecule has 1 N–H and O–H groups in total. The first-order chi connectivity index (χ1) is 22.5. The molecular formula is C36H44N6O4. The van der Waals surface area contributed by atoms with E-state index in [9.17, 15) is 9.59 Å². The lowest BCUT2D eigenvalue weighted by Gasteiger charge is -2.39. The zero-order valence-corrected chi connectivity index (χ0v) is 26.9. The van der Waals surface area contributed by atoms with Gasteiger partial charge in [0.1, 0.15) is 11.6 Å². The molecule has 1 unspecified atom stereocenters. The molecule has 1 atom stereocenters. The molecule has 4 heterocycles. The fourth-order valence-corrected chi connectivity index (χ4v) is 6.58. The van der Waals surface area contributed by atoms with Crippen LogP contribution in [0.2, 0.25) is 0 Å². The quantitative estimate of drug-likeness (QED) is 0.338. The van der Waals surface area contributed by atoms with Crippen molar-refractivity contribution in [2.24, 2.45) is 0 Å². The molecule has 3 aromatic rings. The van der Waals surface area contributed by atoms with Crippen molar-refractivity contribution in [3.8, 4) is 0 Å². The number of rotatable bonds is 10. The lowest BCUT2D eigenvalue weighted by atomic mass is 9.81. The maximum absolute atomic E-state index is 13.9. The van der Waals surface area contributed by atoms with Gasteiger partial charge in [-0.1, -0.05) is 72.8 Å². The lowest BCUT2D eigenvalue weighted by Crippen LogP contribution is -2.48. The highest BCUT2D eigenvalue weighted by Gasteiger charge is 2.39. The molecule has 3 aliphatic rings. The van der Waals surface area contributed by atoms with E-state index in [1.807, 2.05) is 62.4 Å². The van der Waals surface area contributed by atoms with E-state index < -0.39 is 5.92 Å². The summed E-state index contributed by atoms with van der Waals surface area (Å²) in [7, 11) is 0. The van der Waals surface area contributed by atoms with Crippen molar-refractivity contribution in [2.45, 2.75) is 26.3 Å². The van der Waals surface area contributed by atoms with Gasteiger partial charge < -0.3 is 19.7 Å². The molecule has 6 rings (SSSR count). The molecule has 0 aliphatic carbocycles. The number of hydrogen-bond donors (Lipinski definition) is 1. The second-order valence-corrected chi connectivity index (χ2v) is 11.9. The van der Waals surface area contributed by atoms with E-state index in [1.54, 1.807) is 4.57 Å². The highest BCUT2D eigenvalue weighted by Crippen LogP contribution is 2.45. The van der Waals surface area contributed by atoms with Gasteiger partial charge in [0, 0.05) is 70.2 Å². The van der Waals surface area contributed by atoms with Crippen molar-refractivity contribution in [1.29, 1.82) is 0 Å². The number of nitrogens with one attached hydrogen (secondary N) is 1. The number of esters is 1. The van der Waals surface area contributed by atoms with E-state index >= 15 is 0 Å². The summed E-state index contributed by atoms with van der Waals surface area (Å²) in [5, 5.41) is 3.49. The second-order valence-electron chi connectivity index (χ2n) is 11.9. The molecule has 2 saturated heterocycles. The van der Waals surface area contributed by atoms with Crippen LogP contribution in [0.4, 0.5) is 11.6 Å². The lowest BCUT2D eigenvalue weighted by molar-refractivity contribution is -0.138. The summed E-state index contributed by atoms with van der Waals surface area (Å²) in [5.41, 5.74) is 3.93. The Balaban J connectivity index is 1.35. The molecule has 10 nitrogen and oxygen atoms in total. The molecule has 2 aromatic carbocycles. The third-order valence-corrected chi connectivity index (χ3v) is 9.00. The number of morpholine rings is 1. The average molecular weight is 625 g/mol. The van der Waals surface area contributed by atoms with Crippen LogP contribution in [0.1, 0.15) is 36.5 Å². The molecule has 46 heavy (non-hydrogen) atoms. The summed E-state index contributed by atoms with van der Waals surface area (Å²) in [6, 6.07) is 20.3.